The zero-order valence-electron chi connectivity index (χ0n) is 20.5. The van der Waals surface area contributed by atoms with Crippen LogP contribution in [0.2, 0.25) is 5.02 Å². The Morgan fingerprint density at radius 3 is 2.66 bits per heavy atom. The molecule has 1 unspecified atom stereocenters. The van der Waals surface area contributed by atoms with Crippen molar-refractivity contribution >= 4 is 28.8 Å². The first-order valence-electron chi connectivity index (χ1n) is 11.9. The van der Waals surface area contributed by atoms with Crippen molar-refractivity contribution in [1.29, 1.82) is 0 Å². The number of carboxylic acids is 1. The summed E-state index contributed by atoms with van der Waals surface area (Å²) in [7, 11) is 0. The lowest BCUT2D eigenvalue weighted by Gasteiger charge is -2.25. The van der Waals surface area contributed by atoms with Crippen LogP contribution in [0.5, 0.6) is 5.88 Å². The van der Waals surface area contributed by atoms with Crippen LogP contribution in [0.3, 0.4) is 0 Å². The van der Waals surface area contributed by atoms with E-state index in [0.717, 1.165) is 12.0 Å². The first kappa shape index (κ1) is 27.5. The van der Waals surface area contributed by atoms with Crippen LogP contribution in [-0.2, 0) is 4.79 Å². The molecule has 0 amide bonds. The van der Waals surface area contributed by atoms with Crippen LogP contribution in [0.15, 0.2) is 48.8 Å². The van der Waals surface area contributed by atoms with Gasteiger partial charge in [-0.25, -0.2) is 9.67 Å². The molecule has 1 aromatic carbocycles. The van der Waals surface area contributed by atoms with Crippen molar-refractivity contribution in [3.05, 3.63) is 70.6 Å². The monoisotopic (exact) mass is 549 g/mol. The van der Waals surface area contributed by atoms with E-state index in [4.69, 9.17) is 32.9 Å². The van der Waals surface area contributed by atoms with Crippen molar-refractivity contribution in [3.63, 3.8) is 0 Å². The molecule has 2 heterocycles. The molecule has 202 valence electrons. The summed E-state index contributed by atoms with van der Waals surface area (Å²) in [6.07, 6.45) is 0.124. The number of aryl methyl sites for hydroxylation is 1. The van der Waals surface area contributed by atoms with Gasteiger partial charge in [-0.3, -0.25) is 4.79 Å². The van der Waals surface area contributed by atoms with E-state index in [9.17, 15) is 18.0 Å². The largest absolute Gasteiger partial charge is 0.480 e. The summed E-state index contributed by atoms with van der Waals surface area (Å²) in [6, 6.07) is 6.27. The lowest BCUT2D eigenvalue weighted by molar-refractivity contribution is -0.198. The molecule has 1 aliphatic carbocycles. The fraction of sp³-hybridized carbons (Fsp3) is 0.346. The molecular formula is C26H27ClF3N5O3. The van der Waals surface area contributed by atoms with Gasteiger partial charge in [0.25, 0.3) is 0 Å². The molecule has 3 aromatic rings. The van der Waals surface area contributed by atoms with Crippen molar-refractivity contribution in [2.75, 3.05) is 5.73 Å². The number of rotatable bonds is 8. The van der Waals surface area contributed by atoms with Crippen molar-refractivity contribution in [2.45, 2.75) is 50.9 Å². The average Bonchev–Trinajstić information content (AvgIpc) is 3.29. The zero-order chi connectivity index (χ0) is 27.6. The van der Waals surface area contributed by atoms with Crippen molar-refractivity contribution in [2.24, 2.45) is 11.7 Å². The van der Waals surface area contributed by atoms with Crippen LogP contribution in [-0.4, -0.2) is 38.1 Å². The van der Waals surface area contributed by atoms with Crippen LogP contribution in [0.1, 0.15) is 48.6 Å². The van der Waals surface area contributed by atoms with E-state index in [-0.39, 0.29) is 33.8 Å². The van der Waals surface area contributed by atoms with Crippen molar-refractivity contribution < 1.29 is 27.8 Å². The number of aliphatic carboxylic acids is 1. The number of carbonyl (C=O) groups is 1. The second kappa shape index (κ2) is 11.0. The molecule has 38 heavy (non-hydrogen) atoms. The van der Waals surface area contributed by atoms with Gasteiger partial charge < -0.3 is 21.3 Å². The number of ether oxygens (including phenoxy) is 1. The van der Waals surface area contributed by atoms with Gasteiger partial charge in [0, 0.05) is 23.0 Å². The van der Waals surface area contributed by atoms with Crippen LogP contribution in [0, 0.1) is 12.8 Å². The Labute approximate surface area is 222 Å². The van der Waals surface area contributed by atoms with Gasteiger partial charge >= 0.3 is 12.1 Å². The first-order valence-corrected chi connectivity index (χ1v) is 12.3. The summed E-state index contributed by atoms with van der Waals surface area (Å²) in [5, 5.41) is 13.5. The molecule has 12 heteroatoms. The highest BCUT2D eigenvalue weighted by molar-refractivity contribution is 6.30. The van der Waals surface area contributed by atoms with Gasteiger partial charge in [-0.1, -0.05) is 23.7 Å². The highest BCUT2D eigenvalue weighted by Gasteiger charge is 2.45. The highest BCUT2D eigenvalue weighted by atomic mass is 35.5. The van der Waals surface area contributed by atoms with Crippen molar-refractivity contribution in [1.82, 2.24) is 14.8 Å². The van der Waals surface area contributed by atoms with Crippen LogP contribution in [0.4, 0.5) is 18.9 Å². The maximum absolute atomic E-state index is 14.3. The minimum atomic E-state index is -4.80. The molecule has 3 atom stereocenters. The number of nitrogens with zero attached hydrogens (tertiary/aromatic N) is 3. The van der Waals surface area contributed by atoms with Gasteiger partial charge in [0.15, 0.2) is 0 Å². The van der Waals surface area contributed by atoms with Gasteiger partial charge in [-0.15, -0.1) is 0 Å². The summed E-state index contributed by atoms with van der Waals surface area (Å²) in [4.78, 5) is 15.1. The molecule has 0 bridgehead atoms. The quantitative estimate of drug-likeness (QED) is 0.339. The predicted octanol–water partition coefficient (Wildman–Crippen LogP) is 5.48. The number of nitrogens with two attached hydrogens (primary N) is 2. The van der Waals surface area contributed by atoms with Gasteiger partial charge in [0.2, 0.25) is 12.0 Å². The summed E-state index contributed by atoms with van der Waals surface area (Å²) >= 11 is 6.08. The summed E-state index contributed by atoms with van der Waals surface area (Å²) in [6.45, 7) is 1.72. The van der Waals surface area contributed by atoms with E-state index in [1.165, 1.54) is 41.3 Å². The fourth-order valence-corrected chi connectivity index (χ4v) is 4.64. The predicted molar refractivity (Wildman–Crippen MR) is 137 cm³/mol. The molecular weight excluding hydrogens is 523 g/mol. The van der Waals surface area contributed by atoms with Gasteiger partial charge in [0.05, 0.1) is 17.1 Å². The summed E-state index contributed by atoms with van der Waals surface area (Å²) < 4.78 is 49.5. The molecule has 0 saturated carbocycles. The van der Waals surface area contributed by atoms with E-state index in [1.54, 1.807) is 13.0 Å². The molecule has 0 spiro atoms. The van der Waals surface area contributed by atoms with E-state index in [2.05, 4.69) is 10.1 Å². The lowest BCUT2D eigenvalue weighted by Crippen LogP contribution is -2.32. The second-order valence-corrected chi connectivity index (χ2v) is 9.75. The minimum Gasteiger partial charge on any atom is -0.480 e. The van der Waals surface area contributed by atoms with Crippen LogP contribution in [0.25, 0.3) is 11.3 Å². The first-order chi connectivity index (χ1) is 17.9. The number of carboxylic acid groups (broad SMARTS) is 1. The number of alkyl halides is 3. The average molecular weight is 550 g/mol. The Kier molecular flexibility index (Phi) is 7.98. The zero-order valence-corrected chi connectivity index (χ0v) is 21.2. The van der Waals surface area contributed by atoms with Crippen molar-refractivity contribution in [3.8, 4) is 11.6 Å². The number of aromatic nitrogens is 3. The summed E-state index contributed by atoms with van der Waals surface area (Å²) in [5.41, 5.74) is 13.8. The standard InChI is InChI=1S/C26H27ClF3N5O3/c1-14-8-9-35(34-14)22-12-18(27)6-7-19(22)23(26(28,29)30)38-24-20(31)11-17(13-33-24)16-4-2-15(3-5-16)10-21(32)25(36)37/h4,6-9,11-13,15,21,23H,2-3,5,10,31-32H2,1H3,(H,36,37)/t15?,21-,23+/m0/s1. The molecule has 8 nitrogen and oxygen atoms in total. The van der Waals surface area contributed by atoms with Crippen LogP contribution < -0.4 is 16.2 Å². The third-order valence-electron chi connectivity index (χ3n) is 6.44. The normalized spacial score (nSPS) is 17.5. The van der Waals surface area contributed by atoms with E-state index in [0.29, 0.717) is 30.5 Å². The topological polar surface area (TPSA) is 129 Å². The number of pyridine rings is 1. The van der Waals surface area contributed by atoms with Gasteiger partial charge in [0.1, 0.15) is 6.04 Å². The summed E-state index contributed by atoms with van der Waals surface area (Å²) in [5.74, 6) is -1.25. The van der Waals surface area contributed by atoms with E-state index in [1.807, 2.05) is 6.08 Å². The number of benzene rings is 1. The Hall–Kier alpha value is -3.57. The molecule has 5 N–H and O–H groups in total. The molecule has 0 aliphatic heterocycles. The number of hydrogen-bond donors (Lipinski definition) is 3. The molecule has 2 aromatic heterocycles. The maximum atomic E-state index is 14.3. The molecule has 0 fully saturated rings. The number of allylic oxidation sites excluding steroid dienone is 2. The van der Waals surface area contributed by atoms with Crippen LogP contribution >= 0.6 is 11.6 Å². The Morgan fingerprint density at radius 2 is 2.08 bits per heavy atom. The Morgan fingerprint density at radius 1 is 1.32 bits per heavy atom. The van der Waals surface area contributed by atoms with E-state index < -0.39 is 24.3 Å². The minimum absolute atomic E-state index is 0.0434. The Bertz CT molecular complexity index is 1360. The number of anilines is 1. The molecule has 1 aliphatic rings. The number of hydrogen-bond acceptors (Lipinski definition) is 6. The number of nitrogen functional groups attached to an aromatic ring is 1. The van der Waals surface area contributed by atoms with Gasteiger partial charge in [-0.05, 0) is 73.9 Å². The van der Waals surface area contributed by atoms with E-state index >= 15 is 0 Å². The van der Waals surface area contributed by atoms with Gasteiger partial charge in [-0.2, -0.15) is 18.3 Å². The smallest absolute Gasteiger partial charge is 0.429 e. The molecule has 0 saturated heterocycles. The lowest BCUT2D eigenvalue weighted by atomic mass is 9.83. The SMILES string of the molecule is Cc1ccn(-c2cc(Cl)ccc2[C@@H](Oc2ncc(C3=CCC(C[C@H](N)C(=O)O)CC3)cc2N)C(F)(F)F)n1. The fourth-order valence-electron chi connectivity index (χ4n) is 4.47. The Balaban J connectivity index is 1.58. The third-order valence-corrected chi connectivity index (χ3v) is 6.68. The third kappa shape index (κ3) is 6.28. The number of halogens is 4. The highest BCUT2D eigenvalue weighted by Crippen LogP contribution is 2.41. The second-order valence-electron chi connectivity index (χ2n) is 9.31. The molecule has 0 radical (unpaired) electrons. The maximum Gasteiger partial charge on any atom is 0.429 e. The molecule has 4 rings (SSSR count).